The maximum absolute atomic E-state index is 11.7. The van der Waals surface area contributed by atoms with Crippen LogP contribution >= 0.6 is 0 Å². The van der Waals surface area contributed by atoms with E-state index in [9.17, 15) is 4.39 Å². The molecule has 1 aromatic rings. The molecule has 1 aromatic heterocycles. The highest BCUT2D eigenvalue weighted by Gasteiger charge is 1.94. The van der Waals surface area contributed by atoms with Crippen LogP contribution in [-0.4, -0.2) is 23.2 Å². The molecule has 0 aliphatic heterocycles. The molecule has 0 aromatic carbocycles. The third kappa shape index (κ3) is 2.31. The average molecular weight is 171 g/mol. The number of aromatic nitrogens is 2. The van der Waals surface area contributed by atoms with Gasteiger partial charge in [-0.05, 0) is 0 Å². The minimum Gasteiger partial charge on any atom is -0.366 e. The van der Waals surface area contributed by atoms with Gasteiger partial charge in [0.1, 0.15) is 12.5 Å². The van der Waals surface area contributed by atoms with Crippen LogP contribution in [-0.2, 0) is 0 Å². The van der Waals surface area contributed by atoms with Gasteiger partial charge >= 0.3 is 0 Å². The highest BCUT2D eigenvalue weighted by atomic mass is 19.1. The first-order valence-electron chi connectivity index (χ1n) is 3.45. The second kappa shape index (κ2) is 4.45. The summed E-state index contributed by atoms with van der Waals surface area (Å²) in [5, 5.41) is 2.72. The van der Waals surface area contributed by atoms with E-state index in [1.54, 1.807) is 0 Å². The first kappa shape index (κ1) is 8.66. The Morgan fingerprint density at radius 1 is 1.42 bits per heavy atom. The normalized spacial score (nSPS) is 9.50. The summed E-state index contributed by atoms with van der Waals surface area (Å²) in [5.74, 6) is 6.04. The predicted molar refractivity (Wildman–Crippen MR) is 44.3 cm³/mol. The lowest BCUT2D eigenvalue weighted by Gasteiger charge is -2.03. The van der Waals surface area contributed by atoms with Gasteiger partial charge in [0, 0.05) is 6.54 Å². The lowest BCUT2D eigenvalue weighted by Crippen LogP contribution is -2.11. The van der Waals surface area contributed by atoms with Crippen LogP contribution in [0.3, 0.4) is 0 Å². The molecular weight excluding hydrogens is 161 g/mol. The Balaban J connectivity index is 2.60. The van der Waals surface area contributed by atoms with Gasteiger partial charge in [0.15, 0.2) is 5.82 Å². The molecule has 0 aliphatic carbocycles. The second-order valence-electron chi connectivity index (χ2n) is 2.05. The van der Waals surface area contributed by atoms with Crippen LogP contribution in [0.1, 0.15) is 0 Å². The van der Waals surface area contributed by atoms with Crippen LogP contribution in [0.25, 0.3) is 0 Å². The Morgan fingerprint density at radius 2 is 2.17 bits per heavy atom. The SMILES string of the molecule is NNc1cncc(NCCF)n1. The monoisotopic (exact) mass is 171 g/mol. The molecule has 12 heavy (non-hydrogen) atoms. The first-order chi connectivity index (χ1) is 5.86. The molecule has 1 heterocycles. The minimum absolute atomic E-state index is 0.225. The number of rotatable bonds is 4. The minimum atomic E-state index is -0.442. The second-order valence-corrected chi connectivity index (χ2v) is 2.05. The molecule has 0 fully saturated rings. The van der Waals surface area contributed by atoms with E-state index in [1.165, 1.54) is 12.4 Å². The van der Waals surface area contributed by atoms with E-state index in [-0.39, 0.29) is 6.54 Å². The molecule has 0 bridgehead atoms. The summed E-state index contributed by atoms with van der Waals surface area (Å²) in [6, 6.07) is 0. The van der Waals surface area contributed by atoms with E-state index < -0.39 is 6.67 Å². The molecule has 0 spiro atoms. The summed E-state index contributed by atoms with van der Waals surface area (Å²) in [7, 11) is 0. The van der Waals surface area contributed by atoms with Gasteiger partial charge in [-0.25, -0.2) is 15.2 Å². The van der Waals surface area contributed by atoms with Crippen molar-refractivity contribution in [2.75, 3.05) is 24.0 Å². The number of hydrazine groups is 1. The zero-order valence-corrected chi connectivity index (χ0v) is 6.42. The van der Waals surface area contributed by atoms with Gasteiger partial charge in [0.2, 0.25) is 0 Å². The fourth-order valence-corrected chi connectivity index (χ4v) is 0.696. The lowest BCUT2D eigenvalue weighted by atomic mass is 10.6. The van der Waals surface area contributed by atoms with Crippen LogP contribution in [0.4, 0.5) is 16.0 Å². The molecule has 0 saturated heterocycles. The average Bonchev–Trinajstić information content (AvgIpc) is 2.15. The van der Waals surface area contributed by atoms with Gasteiger partial charge in [-0.2, -0.15) is 0 Å². The maximum atomic E-state index is 11.7. The summed E-state index contributed by atoms with van der Waals surface area (Å²) in [6.45, 7) is -0.218. The molecule has 6 heteroatoms. The summed E-state index contributed by atoms with van der Waals surface area (Å²) in [6.07, 6.45) is 2.97. The van der Waals surface area contributed by atoms with E-state index >= 15 is 0 Å². The third-order valence-electron chi connectivity index (χ3n) is 1.18. The number of hydrogen-bond acceptors (Lipinski definition) is 5. The Labute approximate surface area is 69.2 Å². The molecule has 5 nitrogen and oxygen atoms in total. The molecular formula is C6H10FN5. The fourth-order valence-electron chi connectivity index (χ4n) is 0.696. The molecule has 4 N–H and O–H groups in total. The van der Waals surface area contributed by atoms with E-state index in [4.69, 9.17) is 5.84 Å². The summed E-state index contributed by atoms with van der Waals surface area (Å²) >= 11 is 0. The Hall–Kier alpha value is -1.43. The summed E-state index contributed by atoms with van der Waals surface area (Å²) < 4.78 is 11.7. The molecule has 0 amide bonds. The number of nitrogens with one attached hydrogen (secondary N) is 2. The van der Waals surface area contributed by atoms with E-state index in [2.05, 4.69) is 20.7 Å². The van der Waals surface area contributed by atoms with Crippen molar-refractivity contribution in [3.63, 3.8) is 0 Å². The Bertz CT molecular complexity index is 241. The van der Waals surface area contributed by atoms with Crippen molar-refractivity contribution in [1.29, 1.82) is 0 Å². The molecule has 0 atom stereocenters. The molecule has 66 valence electrons. The quantitative estimate of drug-likeness (QED) is 0.444. The van der Waals surface area contributed by atoms with Crippen molar-refractivity contribution in [2.45, 2.75) is 0 Å². The van der Waals surface area contributed by atoms with Gasteiger partial charge in [-0.1, -0.05) is 0 Å². The topological polar surface area (TPSA) is 75.9 Å². The standard InChI is InChI=1S/C6H10FN5/c7-1-2-10-5-3-9-4-6(11-5)12-8/h3-4H,1-2,8H2,(H2,10,11,12). The molecule has 1 rings (SSSR count). The molecule has 0 unspecified atom stereocenters. The van der Waals surface area contributed by atoms with Crippen molar-refractivity contribution < 1.29 is 4.39 Å². The maximum Gasteiger partial charge on any atom is 0.160 e. The Morgan fingerprint density at radius 3 is 2.83 bits per heavy atom. The van der Waals surface area contributed by atoms with Gasteiger partial charge < -0.3 is 10.7 Å². The van der Waals surface area contributed by atoms with Crippen molar-refractivity contribution in [3.8, 4) is 0 Å². The number of nitrogens with zero attached hydrogens (tertiary/aromatic N) is 2. The van der Waals surface area contributed by atoms with Crippen LogP contribution in [0, 0.1) is 0 Å². The van der Waals surface area contributed by atoms with Crippen molar-refractivity contribution in [1.82, 2.24) is 9.97 Å². The molecule has 0 saturated carbocycles. The van der Waals surface area contributed by atoms with Crippen LogP contribution in [0.5, 0.6) is 0 Å². The van der Waals surface area contributed by atoms with Gasteiger partial charge in [-0.3, -0.25) is 4.98 Å². The zero-order valence-electron chi connectivity index (χ0n) is 6.42. The summed E-state index contributed by atoms with van der Waals surface area (Å²) in [5.41, 5.74) is 2.34. The highest BCUT2D eigenvalue weighted by molar-refractivity contribution is 5.40. The zero-order chi connectivity index (χ0) is 8.81. The highest BCUT2D eigenvalue weighted by Crippen LogP contribution is 2.03. The lowest BCUT2D eigenvalue weighted by molar-refractivity contribution is 0.512. The number of anilines is 2. The van der Waals surface area contributed by atoms with E-state index in [1.807, 2.05) is 0 Å². The fraction of sp³-hybridized carbons (Fsp3) is 0.333. The van der Waals surface area contributed by atoms with E-state index in [0.717, 1.165) is 0 Å². The Kier molecular flexibility index (Phi) is 3.21. The van der Waals surface area contributed by atoms with Crippen LogP contribution < -0.4 is 16.6 Å². The van der Waals surface area contributed by atoms with Gasteiger partial charge in [-0.15, -0.1) is 0 Å². The number of halogens is 1. The number of nitrogen functional groups attached to an aromatic ring is 1. The van der Waals surface area contributed by atoms with Crippen LogP contribution in [0.2, 0.25) is 0 Å². The van der Waals surface area contributed by atoms with Crippen molar-refractivity contribution in [3.05, 3.63) is 12.4 Å². The number of hydrogen-bond donors (Lipinski definition) is 3. The van der Waals surface area contributed by atoms with Gasteiger partial charge in [0.05, 0.1) is 12.4 Å². The smallest absolute Gasteiger partial charge is 0.160 e. The largest absolute Gasteiger partial charge is 0.366 e. The van der Waals surface area contributed by atoms with Crippen molar-refractivity contribution >= 4 is 11.6 Å². The first-order valence-corrected chi connectivity index (χ1v) is 3.45. The van der Waals surface area contributed by atoms with Crippen LogP contribution in [0.15, 0.2) is 12.4 Å². The van der Waals surface area contributed by atoms with Gasteiger partial charge in [0.25, 0.3) is 0 Å². The summed E-state index contributed by atoms with van der Waals surface area (Å²) in [4.78, 5) is 7.77. The predicted octanol–water partition coefficient (Wildman–Crippen LogP) is 0.144. The third-order valence-corrected chi connectivity index (χ3v) is 1.18. The van der Waals surface area contributed by atoms with Crippen molar-refractivity contribution in [2.24, 2.45) is 5.84 Å². The molecule has 0 aliphatic rings. The number of nitrogens with two attached hydrogens (primary N) is 1. The van der Waals surface area contributed by atoms with E-state index in [0.29, 0.717) is 11.6 Å². The molecule has 0 radical (unpaired) electrons. The number of alkyl halides is 1.